The minimum Gasteiger partial charge on any atom is -0.340 e. The van der Waals surface area contributed by atoms with Gasteiger partial charge in [0.05, 0.1) is 0 Å². The van der Waals surface area contributed by atoms with Gasteiger partial charge >= 0.3 is 0 Å². The van der Waals surface area contributed by atoms with E-state index in [4.69, 9.17) is 0 Å². The lowest BCUT2D eigenvalue weighted by Crippen LogP contribution is -2.50. The molecule has 1 heterocycles. The van der Waals surface area contributed by atoms with E-state index in [1.807, 2.05) is 37.3 Å². The van der Waals surface area contributed by atoms with Gasteiger partial charge in [0, 0.05) is 38.0 Å². The van der Waals surface area contributed by atoms with Crippen LogP contribution in [-0.2, 0) is 14.8 Å². The second-order valence-electron chi connectivity index (χ2n) is 7.19. The summed E-state index contributed by atoms with van der Waals surface area (Å²) in [6.07, 6.45) is 1.89. The SMILES string of the molecule is CC(CC(=O)N1CCN(S(=O)(=O)/C=C/c2ccccc2)CC1)c1ccc(F)cc1. The van der Waals surface area contributed by atoms with Crippen LogP contribution in [0.2, 0.25) is 0 Å². The zero-order valence-electron chi connectivity index (χ0n) is 16.4. The summed E-state index contributed by atoms with van der Waals surface area (Å²) in [4.78, 5) is 14.3. The number of halogens is 1. The van der Waals surface area contributed by atoms with Crippen molar-refractivity contribution < 1.29 is 17.6 Å². The number of sulfonamides is 1. The van der Waals surface area contributed by atoms with Crippen LogP contribution in [-0.4, -0.2) is 49.7 Å². The second-order valence-corrected chi connectivity index (χ2v) is 9.01. The summed E-state index contributed by atoms with van der Waals surface area (Å²) in [6.45, 7) is 3.22. The van der Waals surface area contributed by atoms with E-state index in [0.717, 1.165) is 11.1 Å². The van der Waals surface area contributed by atoms with E-state index in [1.54, 1.807) is 23.1 Å². The van der Waals surface area contributed by atoms with Crippen molar-refractivity contribution in [2.75, 3.05) is 26.2 Å². The van der Waals surface area contributed by atoms with Gasteiger partial charge in [0.15, 0.2) is 0 Å². The van der Waals surface area contributed by atoms with Crippen molar-refractivity contribution in [1.29, 1.82) is 0 Å². The topological polar surface area (TPSA) is 57.7 Å². The van der Waals surface area contributed by atoms with Crippen molar-refractivity contribution in [2.45, 2.75) is 19.3 Å². The third kappa shape index (κ3) is 5.74. The average Bonchev–Trinajstić information content (AvgIpc) is 2.73. The molecule has 1 saturated heterocycles. The molecule has 5 nitrogen and oxygen atoms in total. The van der Waals surface area contributed by atoms with Crippen LogP contribution < -0.4 is 0 Å². The van der Waals surface area contributed by atoms with Gasteiger partial charge in [-0.1, -0.05) is 49.4 Å². The van der Waals surface area contributed by atoms with Gasteiger partial charge in [-0.3, -0.25) is 4.79 Å². The molecule has 2 aromatic carbocycles. The fraction of sp³-hybridized carbons (Fsp3) is 0.318. The minimum atomic E-state index is -3.52. The van der Waals surface area contributed by atoms with E-state index in [9.17, 15) is 17.6 Å². The molecule has 1 fully saturated rings. The van der Waals surface area contributed by atoms with Crippen molar-refractivity contribution in [3.63, 3.8) is 0 Å². The summed E-state index contributed by atoms with van der Waals surface area (Å²) < 4.78 is 39.5. The Morgan fingerprint density at radius 2 is 1.66 bits per heavy atom. The zero-order chi connectivity index (χ0) is 20.9. The number of amides is 1. The smallest absolute Gasteiger partial charge is 0.236 e. The largest absolute Gasteiger partial charge is 0.340 e. The lowest BCUT2D eigenvalue weighted by atomic mass is 9.97. The van der Waals surface area contributed by atoms with E-state index < -0.39 is 10.0 Å². The maximum atomic E-state index is 13.1. The highest BCUT2D eigenvalue weighted by Gasteiger charge is 2.28. The van der Waals surface area contributed by atoms with Crippen molar-refractivity contribution in [3.05, 3.63) is 76.9 Å². The fourth-order valence-electron chi connectivity index (χ4n) is 3.31. The minimum absolute atomic E-state index is 0.0151. The molecule has 1 aliphatic heterocycles. The average molecular weight is 417 g/mol. The molecule has 3 rings (SSSR count). The van der Waals surface area contributed by atoms with Crippen LogP contribution in [0.25, 0.3) is 6.08 Å². The lowest BCUT2D eigenvalue weighted by Gasteiger charge is -2.34. The van der Waals surface area contributed by atoms with Crippen molar-refractivity contribution in [1.82, 2.24) is 9.21 Å². The number of hydrogen-bond acceptors (Lipinski definition) is 3. The molecule has 1 amide bonds. The molecule has 0 saturated carbocycles. The van der Waals surface area contributed by atoms with Crippen LogP contribution in [0.15, 0.2) is 60.0 Å². The molecule has 1 atom stereocenters. The maximum Gasteiger partial charge on any atom is 0.236 e. The van der Waals surface area contributed by atoms with Crippen LogP contribution in [0.3, 0.4) is 0 Å². The first-order valence-electron chi connectivity index (χ1n) is 9.62. The number of rotatable bonds is 6. The van der Waals surface area contributed by atoms with E-state index in [1.165, 1.54) is 21.8 Å². The summed E-state index contributed by atoms with van der Waals surface area (Å²) in [5, 5.41) is 1.22. The molecule has 0 spiro atoms. The van der Waals surface area contributed by atoms with Crippen molar-refractivity contribution >= 4 is 22.0 Å². The second kappa shape index (κ2) is 9.33. The number of nitrogens with zero attached hydrogens (tertiary/aromatic N) is 2. The molecule has 29 heavy (non-hydrogen) atoms. The van der Waals surface area contributed by atoms with E-state index >= 15 is 0 Å². The predicted molar refractivity (Wildman–Crippen MR) is 112 cm³/mol. The quantitative estimate of drug-likeness (QED) is 0.725. The number of carbonyl (C=O) groups is 1. The molecule has 154 valence electrons. The predicted octanol–water partition coefficient (Wildman–Crippen LogP) is 3.46. The summed E-state index contributed by atoms with van der Waals surface area (Å²) in [7, 11) is -3.52. The van der Waals surface area contributed by atoms with Gasteiger partial charge < -0.3 is 4.90 Å². The number of piperazine rings is 1. The van der Waals surface area contributed by atoms with Crippen molar-refractivity contribution in [3.8, 4) is 0 Å². The van der Waals surface area contributed by atoms with Crippen LogP contribution in [0.1, 0.15) is 30.4 Å². The third-order valence-electron chi connectivity index (χ3n) is 5.10. The molecule has 0 aromatic heterocycles. The lowest BCUT2D eigenvalue weighted by molar-refractivity contribution is -0.132. The summed E-state index contributed by atoms with van der Waals surface area (Å²) in [5.41, 5.74) is 1.73. The Kier molecular flexibility index (Phi) is 6.82. The molecule has 0 bridgehead atoms. The first-order valence-corrected chi connectivity index (χ1v) is 11.1. The molecular weight excluding hydrogens is 391 g/mol. The molecule has 7 heteroatoms. The van der Waals surface area contributed by atoms with Gasteiger partial charge in [0.2, 0.25) is 15.9 Å². The zero-order valence-corrected chi connectivity index (χ0v) is 17.2. The van der Waals surface area contributed by atoms with E-state index in [2.05, 4.69) is 0 Å². The third-order valence-corrected chi connectivity index (χ3v) is 6.67. The normalized spacial score (nSPS) is 16.8. The monoisotopic (exact) mass is 416 g/mol. The standard InChI is InChI=1S/C22H25FN2O3S/c1-18(20-7-9-21(23)10-8-20)17-22(26)24-12-14-25(15-13-24)29(27,28)16-11-19-5-3-2-4-6-19/h2-11,16,18H,12-15,17H2,1H3/b16-11+. The number of hydrogen-bond donors (Lipinski definition) is 0. The Balaban J connectivity index is 1.53. The first kappa shape index (κ1) is 21.2. The highest BCUT2D eigenvalue weighted by atomic mass is 32.2. The van der Waals surface area contributed by atoms with E-state index in [-0.39, 0.29) is 30.7 Å². The van der Waals surface area contributed by atoms with Gasteiger partial charge in [-0.05, 0) is 35.3 Å². The van der Waals surface area contributed by atoms with Crippen molar-refractivity contribution in [2.24, 2.45) is 0 Å². The van der Waals surface area contributed by atoms with Crippen LogP contribution in [0, 0.1) is 5.82 Å². The summed E-state index contributed by atoms with van der Waals surface area (Å²) in [6, 6.07) is 15.4. The first-order chi connectivity index (χ1) is 13.8. The molecule has 1 aliphatic rings. The Hall–Kier alpha value is -2.51. The van der Waals surface area contributed by atoms with Gasteiger partial charge in [-0.25, -0.2) is 12.8 Å². The molecular formula is C22H25FN2O3S. The van der Waals surface area contributed by atoms with Crippen LogP contribution in [0.5, 0.6) is 0 Å². The van der Waals surface area contributed by atoms with Gasteiger partial charge in [0.25, 0.3) is 0 Å². The van der Waals surface area contributed by atoms with Gasteiger partial charge in [-0.15, -0.1) is 0 Å². The number of benzene rings is 2. The van der Waals surface area contributed by atoms with Gasteiger partial charge in [0.1, 0.15) is 5.82 Å². The fourth-order valence-corrected chi connectivity index (χ4v) is 4.48. The highest BCUT2D eigenvalue weighted by molar-refractivity contribution is 7.92. The molecule has 0 radical (unpaired) electrons. The molecule has 2 aromatic rings. The van der Waals surface area contributed by atoms with E-state index in [0.29, 0.717) is 19.5 Å². The molecule has 1 unspecified atom stereocenters. The Morgan fingerprint density at radius 1 is 1.03 bits per heavy atom. The summed E-state index contributed by atoms with van der Waals surface area (Å²) in [5.74, 6) is -0.344. The Bertz CT molecular complexity index is 951. The summed E-state index contributed by atoms with van der Waals surface area (Å²) >= 11 is 0. The Labute approximate surface area is 171 Å². The Morgan fingerprint density at radius 3 is 2.28 bits per heavy atom. The highest BCUT2D eigenvalue weighted by Crippen LogP contribution is 2.21. The van der Waals surface area contributed by atoms with Crippen LogP contribution >= 0.6 is 0 Å². The van der Waals surface area contributed by atoms with Gasteiger partial charge in [-0.2, -0.15) is 4.31 Å². The van der Waals surface area contributed by atoms with Crippen LogP contribution in [0.4, 0.5) is 4.39 Å². The number of carbonyl (C=O) groups excluding carboxylic acids is 1. The molecule has 0 aliphatic carbocycles. The molecule has 0 N–H and O–H groups in total. The maximum absolute atomic E-state index is 13.1.